The van der Waals surface area contributed by atoms with Crippen LogP contribution in [0.1, 0.15) is 16.1 Å². The Kier molecular flexibility index (Phi) is 6.03. The van der Waals surface area contributed by atoms with Gasteiger partial charge in [0.25, 0.3) is 5.91 Å². The smallest absolute Gasteiger partial charge is 0.322 e. The zero-order valence-electron chi connectivity index (χ0n) is 15.8. The van der Waals surface area contributed by atoms with Gasteiger partial charge in [0.15, 0.2) is 0 Å². The van der Waals surface area contributed by atoms with Crippen LogP contribution in [0.3, 0.4) is 0 Å². The summed E-state index contributed by atoms with van der Waals surface area (Å²) in [5.74, 6) is -0.654. The quantitative estimate of drug-likeness (QED) is 0.512. The van der Waals surface area contributed by atoms with Gasteiger partial charge >= 0.3 is 6.03 Å². The maximum atomic E-state index is 12.8. The molecule has 0 radical (unpaired) electrons. The van der Waals surface area contributed by atoms with Crippen molar-refractivity contribution in [3.8, 4) is 11.3 Å². The highest BCUT2D eigenvalue weighted by Crippen LogP contribution is 2.32. The molecule has 0 bridgehead atoms. The summed E-state index contributed by atoms with van der Waals surface area (Å²) in [7, 11) is 0. The summed E-state index contributed by atoms with van der Waals surface area (Å²) in [6, 6.07) is 9.35. The fraction of sp³-hybridized carbons (Fsp3) is 0.150. The number of halogens is 4. The molecule has 0 saturated carbocycles. The highest BCUT2D eigenvalue weighted by Gasteiger charge is 2.30. The van der Waals surface area contributed by atoms with Crippen LogP contribution in [-0.4, -0.2) is 33.2 Å². The summed E-state index contributed by atoms with van der Waals surface area (Å²) in [5, 5.41) is 8.85. The molecule has 3 aromatic rings. The third-order valence-electron chi connectivity index (χ3n) is 4.82. The summed E-state index contributed by atoms with van der Waals surface area (Å²) in [6.07, 6.45) is 0. The van der Waals surface area contributed by atoms with Gasteiger partial charge in [-0.25, -0.2) is 4.79 Å². The number of primary amides is 1. The Morgan fingerprint density at radius 1 is 0.968 bits per heavy atom. The minimum absolute atomic E-state index is 0.146. The molecular weight excluding hydrogens is 484 g/mol. The van der Waals surface area contributed by atoms with Crippen LogP contribution >= 0.6 is 46.4 Å². The molecule has 11 heteroatoms. The predicted octanol–water partition coefficient (Wildman–Crippen LogP) is 5.31. The summed E-state index contributed by atoms with van der Waals surface area (Å²) >= 11 is 24.1. The molecule has 0 fully saturated rings. The van der Waals surface area contributed by atoms with Gasteiger partial charge in [-0.2, -0.15) is 5.10 Å². The van der Waals surface area contributed by atoms with Gasteiger partial charge in [-0.1, -0.05) is 46.4 Å². The molecule has 3 amide bonds. The molecule has 0 spiro atoms. The van der Waals surface area contributed by atoms with Gasteiger partial charge < -0.3 is 16.0 Å². The number of anilines is 1. The third kappa shape index (κ3) is 4.45. The van der Waals surface area contributed by atoms with Crippen LogP contribution < -0.4 is 11.1 Å². The van der Waals surface area contributed by atoms with E-state index in [1.165, 1.54) is 0 Å². The monoisotopic (exact) mass is 497 g/mol. The van der Waals surface area contributed by atoms with Gasteiger partial charge in [0.2, 0.25) is 0 Å². The minimum Gasteiger partial charge on any atom is -0.365 e. The van der Waals surface area contributed by atoms with Crippen LogP contribution in [0.4, 0.5) is 10.5 Å². The number of nitrogens with zero attached hydrogens (tertiary/aromatic N) is 3. The second kappa shape index (κ2) is 8.59. The summed E-state index contributed by atoms with van der Waals surface area (Å²) < 4.78 is 1.67. The van der Waals surface area contributed by atoms with Crippen LogP contribution in [0.5, 0.6) is 0 Å². The number of nitrogens with one attached hydrogen (secondary N) is 1. The molecule has 3 N–H and O–H groups in total. The Morgan fingerprint density at radius 2 is 1.68 bits per heavy atom. The first kappa shape index (κ1) is 21.8. The molecule has 1 aromatic heterocycles. The normalized spacial score (nSPS) is 13.1. The van der Waals surface area contributed by atoms with Gasteiger partial charge in [0, 0.05) is 27.8 Å². The van der Waals surface area contributed by atoms with Crippen LogP contribution in [0.2, 0.25) is 20.1 Å². The molecular formula is C20H15Cl4N5O2. The minimum atomic E-state index is -0.654. The number of urea groups is 1. The molecule has 7 nitrogen and oxygen atoms in total. The van der Waals surface area contributed by atoms with Crippen molar-refractivity contribution < 1.29 is 9.59 Å². The van der Waals surface area contributed by atoms with Crippen LogP contribution in [0.25, 0.3) is 11.3 Å². The van der Waals surface area contributed by atoms with Gasteiger partial charge in [0.05, 0.1) is 34.4 Å². The van der Waals surface area contributed by atoms with E-state index in [1.54, 1.807) is 46.0 Å². The van der Waals surface area contributed by atoms with Gasteiger partial charge in [-0.3, -0.25) is 9.48 Å². The largest absolute Gasteiger partial charge is 0.365 e. The maximum absolute atomic E-state index is 12.8. The molecule has 31 heavy (non-hydrogen) atoms. The number of nitrogens with two attached hydrogens (primary N) is 1. The maximum Gasteiger partial charge on any atom is 0.322 e. The lowest BCUT2D eigenvalue weighted by Gasteiger charge is -2.28. The van der Waals surface area contributed by atoms with Crippen molar-refractivity contribution in [3.05, 3.63) is 67.7 Å². The second-order valence-electron chi connectivity index (χ2n) is 6.90. The standard InChI is InChI=1S/C20H15Cl4N5O2/c21-11-5-10(6-12(22)7-11)18-17(19(25)30)16-9-28(3-4-29(16)27-18)20(31)26-13-1-2-14(23)15(24)8-13/h1-2,5-8H,3-4,9H2,(H2,25,30)(H,26,31). The first-order valence-corrected chi connectivity index (χ1v) is 10.6. The predicted molar refractivity (Wildman–Crippen MR) is 122 cm³/mol. The molecule has 4 rings (SSSR count). The Bertz CT molecular complexity index is 1190. The van der Waals surface area contributed by atoms with Gasteiger partial charge in [-0.15, -0.1) is 0 Å². The number of carbonyl (C=O) groups is 2. The van der Waals surface area contributed by atoms with E-state index < -0.39 is 5.91 Å². The lowest BCUT2D eigenvalue weighted by atomic mass is 10.0. The van der Waals surface area contributed by atoms with E-state index in [4.69, 9.17) is 52.1 Å². The molecule has 2 aromatic carbocycles. The number of hydrogen-bond donors (Lipinski definition) is 2. The molecule has 0 unspecified atom stereocenters. The summed E-state index contributed by atoms with van der Waals surface area (Å²) in [5.41, 5.74) is 7.88. The average Bonchev–Trinajstić information content (AvgIpc) is 3.09. The third-order valence-corrected chi connectivity index (χ3v) is 6.00. The first-order chi connectivity index (χ1) is 14.7. The number of hydrogen-bond acceptors (Lipinski definition) is 3. The number of carbonyl (C=O) groups excluding carboxylic acids is 2. The average molecular weight is 499 g/mol. The lowest BCUT2D eigenvalue weighted by molar-refractivity contribution is 0.0997. The number of rotatable bonds is 3. The van der Waals surface area contributed by atoms with Crippen molar-refractivity contribution in [2.45, 2.75) is 13.1 Å². The van der Waals surface area contributed by atoms with E-state index in [9.17, 15) is 9.59 Å². The van der Waals surface area contributed by atoms with Crippen molar-refractivity contribution in [2.24, 2.45) is 5.73 Å². The number of aromatic nitrogens is 2. The zero-order chi connectivity index (χ0) is 22.3. The van der Waals surface area contributed by atoms with Crippen LogP contribution in [0.15, 0.2) is 36.4 Å². The zero-order valence-corrected chi connectivity index (χ0v) is 18.9. The van der Waals surface area contributed by atoms with Crippen LogP contribution in [-0.2, 0) is 13.1 Å². The molecule has 1 aliphatic rings. The number of amides is 3. The highest BCUT2D eigenvalue weighted by atomic mass is 35.5. The molecule has 0 atom stereocenters. The number of benzene rings is 2. The summed E-state index contributed by atoms with van der Waals surface area (Å²) in [4.78, 5) is 26.6. The second-order valence-corrected chi connectivity index (χ2v) is 8.58. The van der Waals surface area contributed by atoms with Crippen molar-refractivity contribution in [1.82, 2.24) is 14.7 Å². The van der Waals surface area contributed by atoms with Gasteiger partial charge in [0.1, 0.15) is 5.69 Å². The van der Waals surface area contributed by atoms with Crippen molar-refractivity contribution in [2.75, 3.05) is 11.9 Å². The fourth-order valence-electron chi connectivity index (χ4n) is 3.42. The van der Waals surface area contributed by atoms with E-state index in [0.29, 0.717) is 55.8 Å². The highest BCUT2D eigenvalue weighted by molar-refractivity contribution is 6.42. The topological polar surface area (TPSA) is 93.2 Å². The van der Waals surface area contributed by atoms with Crippen molar-refractivity contribution in [1.29, 1.82) is 0 Å². The SMILES string of the molecule is NC(=O)c1c(-c2cc(Cl)cc(Cl)c2)nn2c1CN(C(=O)Nc1ccc(Cl)c(Cl)c1)CC2. The van der Waals surface area contributed by atoms with Crippen molar-refractivity contribution in [3.63, 3.8) is 0 Å². The van der Waals surface area contributed by atoms with E-state index >= 15 is 0 Å². The first-order valence-electron chi connectivity index (χ1n) is 9.10. The van der Waals surface area contributed by atoms with Crippen LogP contribution in [0, 0.1) is 0 Å². The molecule has 1 aliphatic heterocycles. The molecule has 0 aliphatic carbocycles. The molecule has 2 heterocycles. The number of fused-ring (bicyclic) bond motifs is 1. The van der Waals surface area contributed by atoms with Crippen molar-refractivity contribution >= 4 is 64.0 Å². The van der Waals surface area contributed by atoms with Gasteiger partial charge in [-0.05, 0) is 36.4 Å². The van der Waals surface area contributed by atoms with E-state index in [0.717, 1.165) is 0 Å². The van der Waals surface area contributed by atoms with E-state index in [1.807, 2.05) is 0 Å². The Morgan fingerprint density at radius 3 is 2.32 bits per heavy atom. The Labute approximate surface area is 197 Å². The van der Waals surface area contributed by atoms with E-state index in [-0.39, 0.29) is 18.1 Å². The molecule has 160 valence electrons. The Balaban J connectivity index is 1.64. The lowest BCUT2D eigenvalue weighted by Crippen LogP contribution is -2.41. The Hall–Kier alpha value is -2.45. The molecule has 0 saturated heterocycles. The summed E-state index contributed by atoms with van der Waals surface area (Å²) in [6.45, 7) is 0.918. The fourth-order valence-corrected chi connectivity index (χ4v) is 4.24. The van der Waals surface area contributed by atoms with E-state index in [2.05, 4.69) is 10.4 Å².